The van der Waals surface area contributed by atoms with Gasteiger partial charge in [-0.05, 0) is 36.8 Å². The quantitative estimate of drug-likeness (QED) is 0.233. The van der Waals surface area contributed by atoms with Crippen LogP contribution in [0, 0.1) is 0 Å². The Bertz CT molecular complexity index is 945. The summed E-state index contributed by atoms with van der Waals surface area (Å²) in [6.07, 6.45) is 0. The molecule has 0 atom stereocenters. The number of esters is 2. The fourth-order valence-corrected chi connectivity index (χ4v) is 2.53. The summed E-state index contributed by atoms with van der Waals surface area (Å²) in [5.41, 5.74) is 2.30. The lowest BCUT2D eigenvalue weighted by Gasteiger charge is -2.13. The van der Waals surface area contributed by atoms with Crippen molar-refractivity contribution < 1.29 is 33.3 Å². The van der Waals surface area contributed by atoms with E-state index in [1.54, 1.807) is 38.3 Å². The molecule has 0 N–H and O–H groups in total. The second-order valence-electron chi connectivity index (χ2n) is 6.58. The summed E-state index contributed by atoms with van der Waals surface area (Å²) in [4.78, 5) is 23.3. The van der Waals surface area contributed by atoms with E-state index >= 15 is 0 Å². The highest BCUT2D eigenvalue weighted by Gasteiger charge is 2.11. The zero-order valence-electron chi connectivity index (χ0n) is 17.9. The van der Waals surface area contributed by atoms with Gasteiger partial charge < -0.3 is 23.7 Å². The van der Waals surface area contributed by atoms with Gasteiger partial charge in [-0.3, -0.25) is 0 Å². The van der Waals surface area contributed by atoms with Crippen LogP contribution >= 0.6 is 0 Å². The van der Waals surface area contributed by atoms with E-state index in [9.17, 15) is 9.59 Å². The first-order chi connectivity index (χ1) is 14.8. The Hall–Kier alpha value is -3.58. The van der Waals surface area contributed by atoms with E-state index in [1.807, 2.05) is 18.2 Å². The monoisotopic (exact) mass is 426 g/mol. The van der Waals surface area contributed by atoms with Gasteiger partial charge in [0.25, 0.3) is 0 Å². The van der Waals surface area contributed by atoms with Gasteiger partial charge in [0.2, 0.25) is 0 Å². The molecule has 0 aliphatic rings. The summed E-state index contributed by atoms with van der Waals surface area (Å²) in [7, 11) is 3.04. The molecule has 0 spiro atoms. The van der Waals surface area contributed by atoms with Crippen LogP contribution in [-0.4, -0.2) is 46.0 Å². The Morgan fingerprint density at radius 1 is 0.903 bits per heavy atom. The van der Waals surface area contributed by atoms with Crippen LogP contribution in [0.5, 0.6) is 17.2 Å². The summed E-state index contributed by atoms with van der Waals surface area (Å²) < 4.78 is 26.2. The van der Waals surface area contributed by atoms with Gasteiger partial charge >= 0.3 is 11.9 Å². The summed E-state index contributed by atoms with van der Waals surface area (Å²) in [6.45, 7) is 9.11. The summed E-state index contributed by atoms with van der Waals surface area (Å²) in [6, 6.07) is 12.4. The van der Waals surface area contributed by atoms with Crippen molar-refractivity contribution in [1.29, 1.82) is 0 Å². The lowest BCUT2D eigenvalue weighted by molar-refractivity contribution is -0.140. The molecule has 0 saturated carbocycles. The van der Waals surface area contributed by atoms with Gasteiger partial charge in [-0.2, -0.15) is 0 Å². The van der Waals surface area contributed by atoms with Crippen molar-refractivity contribution in [2.75, 3.05) is 34.0 Å². The smallest absolute Gasteiger partial charge is 0.338 e. The van der Waals surface area contributed by atoms with E-state index in [1.165, 1.54) is 7.11 Å². The van der Waals surface area contributed by atoms with Crippen molar-refractivity contribution in [3.63, 3.8) is 0 Å². The fourth-order valence-electron chi connectivity index (χ4n) is 2.53. The standard InChI is InChI=1S/C24H26O7/c1-16(2)23(25)31-19-8-6-18(7-9-19)21-11-10-20(14-22(21)28-5)29-12-13-30-24(26)17(3)15-27-4/h6-11,14H,1,3,12-13,15H2,2,4-5H3. The van der Waals surface area contributed by atoms with Gasteiger partial charge in [-0.1, -0.05) is 25.3 Å². The highest BCUT2D eigenvalue weighted by Crippen LogP contribution is 2.34. The Kier molecular flexibility index (Phi) is 8.84. The van der Waals surface area contributed by atoms with Gasteiger partial charge in [0.1, 0.15) is 30.5 Å². The number of rotatable bonds is 11. The van der Waals surface area contributed by atoms with Crippen molar-refractivity contribution in [2.24, 2.45) is 0 Å². The van der Waals surface area contributed by atoms with E-state index in [2.05, 4.69) is 13.2 Å². The van der Waals surface area contributed by atoms with Crippen LogP contribution in [0.1, 0.15) is 6.92 Å². The second-order valence-corrected chi connectivity index (χ2v) is 6.58. The highest BCUT2D eigenvalue weighted by atomic mass is 16.6. The van der Waals surface area contributed by atoms with Crippen LogP contribution in [0.3, 0.4) is 0 Å². The average molecular weight is 426 g/mol. The molecule has 2 aromatic rings. The van der Waals surface area contributed by atoms with Crippen molar-refractivity contribution in [2.45, 2.75) is 6.92 Å². The minimum Gasteiger partial charge on any atom is -0.496 e. The van der Waals surface area contributed by atoms with Gasteiger partial charge in [-0.25, -0.2) is 9.59 Å². The highest BCUT2D eigenvalue weighted by molar-refractivity contribution is 5.89. The Balaban J connectivity index is 1.98. The van der Waals surface area contributed by atoms with E-state index in [0.717, 1.165) is 11.1 Å². The molecule has 0 radical (unpaired) electrons. The van der Waals surface area contributed by atoms with E-state index in [4.69, 9.17) is 23.7 Å². The molecular formula is C24H26O7. The number of methoxy groups -OCH3 is 2. The first-order valence-electron chi connectivity index (χ1n) is 9.48. The number of carbonyl (C=O) groups is 2. The maximum atomic E-state index is 11.7. The maximum Gasteiger partial charge on any atom is 0.338 e. The molecule has 164 valence electrons. The number of benzene rings is 2. The molecule has 0 aliphatic carbocycles. The van der Waals surface area contributed by atoms with Crippen LogP contribution < -0.4 is 14.2 Å². The van der Waals surface area contributed by atoms with Crippen molar-refractivity contribution in [1.82, 2.24) is 0 Å². The number of hydrogen-bond acceptors (Lipinski definition) is 7. The molecular weight excluding hydrogens is 400 g/mol. The summed E-state index contributed by atoms with van der Waals surface area (Å²) in [5, 5.41) is 0. The molecule has 0 aliphatic heterocycles. The first-order valence-corrected chi connectivity index (χ1v) is 9.48. The predicted octanol–water partition coefficient (Wildman–Crippen LogP) is 3.97. The molecule has 31 heavy (non-hydrogen) atoms. The van der Waals surface area contributed by atoms with Gasteiger partial charge in [0.05, 0.1) is 19.3 Å². The van der Waals surface area contributed by atoms with Crippen LogP contribution in [0.25, 0.3) is 11.1 Å². The molecule has 0 fully saturated rings. The largest absolute Gasteiger partial charge is 0.496 e. The van der Waals surface area contributed by atoms with E-state index in [-0.39, 0.29) is 25.4 Å². The van der Waals surface area contributed by atoms with Crippen LogP contribution in [0.4, 0.5) is 0 Å². The third-order valence-electron chi connectivity index (χ3n) is 4.09. The average Bonchev–Trinajstić information content (AvgIpc) is 2.77. The van der Waals surface area contributed by atoms with Gasteiger partial charge in [0.15, 0.2) is 0 Å². The van der Waals surface area contributed by atoms with Gasteiger partial charge in [-0.15, -0.1) is 0 Å². The summed E-state index contributed by atoms with van der Waals surface area (Å²) in [5.74, 6) is 0.615. The molecule has 2 aromatic carbocycles. The fraction of sp³-hybridized carbons (Fsp3) is 0.250. The molecule has 2 rings (SSSR count). The van der Waals surface area contributed by atoms with Crippen LogP contribution in [0.15, 0.2) is 66.8 Å². The van der Waals surface area contributed by atoms with Crippen LogP contribution in [-0.2, 0) is 19.1 Å². The Labute approximate surface area is 181 Å². The molecule has 0 heterocycles. The second kappa shape index (κ2) is 11.6. The Morgan fingerprint density at radius 2 is 1.58 bits per heavy atom. The zero-order chi connectivity index (χ0) is 22.8. The summed E-state index contributed by atoms with van der Waals surface area (Å²) >= 11 is 0. The molecule has 0 unspecified atom stereocenters. The SMILES string of the molecule is C=C(C)C(=O)Oc1ccc(-c2ccc(OCCOC(=O)C(=C)COC)cc2OC)cc1. The lowest BCUT2D eigenvalue weighted by atomic mass is 10.0. The molecule has 7 heteroatoms. The minimum absolute atomic E-state index is 0.0794. The van der Waals surface area contributed by atoms with Crippen LogP contribution in [0.2, 0.25) is 0 Å². The first kappa shape index (κ1) is 23.7. The third kappa shape index (κ3) is 7.01. The predicted molar refractivity (Wildman–Crippen MR) is 116 cm³/mol. The molecule has 0 aromatic heterocycles. The van der Waals surface area contributed by atoms with Crippen molar-refractivity contribution in [3.8, 4) is 28.4 Å². The Morgan fingerprint density at radius 3 is 2.19 bits per heavy atom. The molecule has 0 amide bonds. The molecule has 0 bridgehead atoms. The maximum absolute atomic E-state index is 11.7. The lowest BCUT2D eigenvalue weighted by Crippen LogP contribution is -2.15. The molecule has 7 nitrogen and oxygen atoms in total. The number of hydrogen-bond donors (Lipinski definition) is 0. The van der Waals surface area contributed by atoms with E-state index < -0.39 is 11.9 Å². The van der Waals surface area contributed by atoms with Gasteiger partial charge in [0, 0.05) is 24.3 Å². The zero-order valence-corrected chi connectivity index (χ0v) is 17.9. The minimum atomic E-state index is -0.518. The van der Waals surface area contributed by atoms with Crippen molar-refractivity contribution >= 4 is 11.9 Å². The third-order valence-corrected chi connectivity index (χ3v) is 4.09. The van der Waals surface area contributed by atoms with E-state index in [0.29, 0.717) is 22.8 Å². The number of carbonyl (C=O) groups excluding carboxylic acids is 2. The number of ether oxygens (including phenoxy) is 5. The molecule has 0 saturated heterocycles. The normalized spacial score (nSPS) is 10.2. The van der Waals surface area contributed by atoms with Crippen molar-refractivity contribution in [3.05, 3.63) is 66.8 Å². The topological polar surface area (TPSA) is 80.3 Å².